The van der Waals surface area contributed by atoms with Crippen LogP contribution in [-0.2, 0) is 9.59 Å². The molecule has 0 bridgehead atoms. The Morgan fingerprint density at radius 2 is 2.10 bits per heavy atom. The highest BCUT2D eigenvalue weighted by molar-refractivity contribution is 6.00. The minimum atomic E-state index is -2.33. The van der Waals surface area contributed by atoms with Crippen molar-refractivity contribution in [3.05, 3.63) is 0 Å². The second-order valence-corrected chi connectivity index (χ2v) is 1.92. The molecule has 58 valence electrons. The van der Waals surface area contributed by atoms with Crippen molar-refractivity contribution in [2.24, 2.45) is 0 Å². The van der Waals surface area contributed by atoms with E-state index in [1.54, 1.807) is 6.92 Å². The molecular formula is C6H9FO3. The number of halogens is 1. The van der Waals surface area contributed by atoms with Crippen molar-refractivity contribution >= 4 is 11.8 Å². The number of hydrogen-bond donors (Lipinski definition) is 1. The number of Topliss-reactive ketones (excluding diaryl/α,β-unsaturated/α-hetero) is 1. The van der Waals surface area contributed by atoms with E-state index >= 15 is 0 Å². The first-order chi connectivity index (χ1) is 4.59. The van der Waals surface area contributed by atoms with Gasteiger partial charge in [-0.05, 0) is 6.42 Å². The van der Waals surface area contributed by atoms with Crippen molar-refractivity contribution in [2.45, 2.75) is 25.9 Å². The molecule has 0 aliphatic carbocycles. The standard InChI is InChI=1S/C6H9FO3/c1-2-3-4(8)5(7)6(9)10/h5H,2-3H2,1H3,(H,9,10). The maximum atomic E-state index is 12.2. The average Bonchev–Trinajstić information content (AvgIpc) is 1.87. The molecule has 1 N–H and O–H groups in total. The molecule has 0 aliphatic rings. The summed E-state index contributed by atoms with van der Waals surface area (Å²) in [5.41, 5.74) is 0. The molecule has 0 aromatic rings. The van der Waals surface area contributed by atoms with Gasteiger partial charge in [-0.1, -0.05) is 6.92 Å². The summed E-state index contributed by atoms with van der Waals surface area (Å²) in [7, 11) is 0. The van der Waals surface area contributed by atoms with Crippen LogP contribution >= 0.6 is 0 Å². The van der Waals surface area contributed by atoms with Gasteiger partial charge in [0.05, 0.1) is 0 Å². The van der Waals surface area contributed by atoms with Crippen LogP contribution in [0.2, 0.25) is 0 Å². The Morgan fingerprint density at radius 1 is 1.60 bits per heavy atom. The van der Waals surface area contributed by atoms with Crippen LogP contribution in [0.4, 0.5) is 4.39 Å². The lowest BCUT2D eigenvalue weighted by atomic mass is 10.1. The van der Waals surface area contributed by atoms with Crippen molar-refractivity contribution in [3.63, 3.8) is 0 Å². The van der Waals surface area contributed by atoms with Gasteiger partial charge in [0.2, 0.25) is 0 Å². The van der Waals surface area contributed by atoms with E-state index in [1.807, 2.05) is 0 Å². The van der Waals surface area contributed by atoms with Gasteiger partial charge in [-0.25, -0.2) is 9.18 Å². The summed E-state index contributed by atoms with van der Waals surface area (Å²) in [6.07, 6.45) is -1.86. The normalized spacial score (nSPS) is 12.6. The zero-order valence-electron chi connectivity index (χ0n) is 5.63. The highest BCUT2D eigenvalue weighted by atomic mass is 19.1. The van der Waals surface area contributed by atoms with Crippen molar-refractivity contribution in [1.82, 2.24) is 0 Å². The van der Waals surface area contributed by atoms with Crippen LogP contribution < -0.4 is 0 Å². The molecule has 3 nitrogen and oxygen atoms in total. The zero-order chi connectivity index (χ0) is 8.15. The third-order valence-electron chi connectivity index (χ3n) is 0.996. The minimum absolute atomic E-state index is 0.00648. The van der Waals surface area contributed by atoms with Gasteiger partial charge in [-0.3, -0.25) is 4.79 Å². The van der Waals surface area contributed by atoms with Gasteiger partial charge >= 0.3 is 5.97 Å². The van der Waals surface area contributed by atoms with E-state index in [4.69, 9.17) is 5.11 Å². The van der Waals surface area contributed by atoms with Crippen LogP contribution in [-0.4, -0.2) is 23.0 Å². The summed E-state index contributed by atoms with van der Waals surface area (Å²) >= 11 is 0. The molecule has 1 unspecified atom stereocenters. The largest absolute Gasteiger partial charge is 0.479 e. The number of carboxylic acid groups (broad SMARTS) is 1. The number of carboxylic acids is 1. The lowest BCUT2D eigenvalue weighted by Crippen LogP contribution is -2.24. The fourth-order valence-corrected chi connectivity index (χ4v) is 0.511. The summed E-state index contributed by atoms with van der Waals surface area (Å²) in [6.45, 7) is 1.69. The lowest BCUT2D eigenvalue weighted by Gasteiger charge is -1.98. The molecule has 0 amide bonds. The van der Waals surface area contributed by atoms with Crippen LogP contribution in [0.15, 0.2) is 0 Å². The smallest absolute Gasteiger partial charge is 0.346 e. The van der Waals surface area contributed by atoms with E-state index in [1.165, 1.54) is 0 Å². The molecule has 1 atom stereocenters. The van der Waals surface area contributed by atoms with E-state index < -0.39 is 17.9 Å². The number of carbonyl (C=O) groups excluding carboxylic acids is 1. The molecule has 0 radical (unpaired) electrons. The van der Waals surface area contributed by atoms with Crippen LogP contribution in [0.1, 0.15) is 19.8 Å². The molecule has 0 aromatic carbocycles. The third-order valence-corrected chi connectivity index (χ3v) is 0.996. The Hall–Kier alpha value is -0.930. The molecule has 0 rings (SSSR count). The Bertz CT molecular complexity index is 144. The number of rotatable bonds is 4. The van der Waals surface area contributed by atoms with Crippen LogP contribution in [0.3, 0.4) is 0 Å². The summed E-state index contributed by atoms with van der Waals surface area (Å²) < 4.78 is 12.2. The van der Waals surface area contributed by atoms with Gasteiger partial charge in [-0.2, -0.15) is 0 Å². The van der Waals surface area contributed by atoms with Crippen LogP contribution in [0.25, 0.3) is 0 Å². The van der Waals surface area contributed by atoms with Crippen molar-refractivity contribution in [3.8, 4) is 0 Å². The van der Waals surface area contributed by atoms with Gasteiger partial charge < -0.3 is 5.11 Å². The molecule has 0 spiro atoms. The van der Waals surface area contributed by atoms with Crippen LogP contribution in [0.5, 0.6) is 0 Å². The van der Waals surface area contributed by atoms with Crippen molar-refractivity contribution in [2.75, 3.05) is 0 Å². The first kappa shape index (κ1) is 9.07. The number of carbonyl (C=O) groups is 2. The first-order valence-corrected chi connectivity index (χ1v) is 2.99. The van der Waals surface area contributed by atoms with E-state index in [0.717, 1.165) is 0 Å². The minimum Gasteiger partial charge on any atom is -0.479 e. The maximum absolute atomic E-state index is 12.2. The summed E-state index contributed by atoms with van der Waals surface area (Å²) in [5, 5.41) is 7.98. The number of ketones is 1. The van der Waals surface area contributed by atoms with Gasteiger partial charge in [-0.15, -0.1) is 0 Å². The van der Waals surface area contributed by atoms with Gasteiger partial charge in [0.25, 0.3) is 6.17 Å². The first-order valence-electron chi connectivity index (χ1n) is 2.99. The lowest BCUT2D eigenvalue weighted by molar-refractivity contribution is -0.147. The number of alkyl halides is 1. The van der Waals surface area contributed by atoms with E-state index in [-0.39, 0.29) is 6.42 Å². The second-order valence-electron chi connectivity index (χ2n) is 1.92. The summed E-state index contributed by atoms with van der Waals surface area (Å²) in [6, 6.07) is 0. The predicted octanol–water partition coefficient (Wildman–Crippen LogP) is 0.778. The van der Waals surface area contributed by atoms with Crippen molar-refractivity contribution < 1.29 is 19.1 Å². The molecule has 0 saturated heterocycles. The summed E-state index contributed by atoms with van der Waals surface area (Å²) in [5.74, 6) is -2.55. The van der Waals surface area contributed by atoms with Crippen LogP contribution in [0, 0.1) is 0 Å². The van der Waals surface area contributed by atoms with Gasteiger partial charge in [0, 0.05) is 6.42 Å². The quantitative estimate of drug-likeness (QED) is 0.599. The Balaban J connectivity index is 3.82. The monoisotopic (exact) mass is 148 g/mol. The van der Waals surface area contributed by atoms with Gasteiger partial charge in [0.15, 0.2) is 5.78 Å². The Labute approximate surface area is 57.8 Å². The van der Waals surface area contributed by atoms with E-state index in [9.17, 15) is 14.0 Å². The summed E-state index contributed by atoms with van der Waals surface area (Å²) in [4.78, 5) is 20.2. The maximum Gasteiger partial charge on any atom is 0.346 e. The fourth-order valence-electron chi connectivity index (χ4n) is 0.511. The number of aliphatic carboxylic acids is 1. The molecule has 0 aliphatic heterocycles. The Kier molecular flexibility index (Phi) is 3.61. The zero-order valence-corrected chi connectivity index (χ0v) is 5.63. The molecule has 4 heteroatoms. The molecule has 0 heterocycles. The average molecular weight is 148 g/mol. The highest BCUT2D eigenvalue weighted by Crippen LogP contribution is 1.99. The predicted molar refractivity (Wildman–Crippen MR) is 32.4 cm³/mol. The van der Waals surface area contributed by atoms with Crippen molar-refractivity contribution in [1.29, 1.82) is 0 Å². The molecule has 0 aromatic heterocycles. The highest BCUT2D eigenvalue weighted by Gasteiger charge is 2.23. The Morgan fingerprint density at radius 3 is 2.40 bits per heavy atom. The second kappa shape index (κ2) is 3.98. The van der Waals surface area contributed by atoms with E-state index in [0.29, 0.717) is 6.42 Å². The third kappa shape index (κ3) is 2.57. The number of hydrogen-bond acceptors (Lipinski definition) is 2. The topological polar surface area (TPSA) is 54.4 Å². The molecule has 0 fully saturated rings. The fraction of sp³-hybridized carbons (Fsp3) is 0.667. The van der Waals surface area contributed by atoms with Gasteiger partial charge in [0.1, 0.15) is 0 Å². The SMILES string of the molecule is CCCC(=O)C(F)C(=O)O. The molecular weight excluding hydrogens is 139 g/mol. The molecule has 10 heavy (non-hydrogen) atoms. The molecule has 0 saturated carbocycles. The van der Waals surface area contributed by atoms with E-state index in [2.05, 4.69) is 0 Å².